The number of amides is 1. The van der Waals surface area contributed by atoms with Crippen molar-refractivity contribution in [2.75, 3.05) is 39.3 Å². The number of nitrogens with one attached hydrogen (secondary N) is 2. The fraction of sp³-hybridized carbons (Fsp3) is 0.611. The highest BCUT2D eigenvalue weighted by atomic mass is 16.5. The molecule has 0 bridgehead atoms. The first-order chi connectivity index (χ1) is 11.3. The maximum absolute atomic E-state index is 12.3. The Labute approximate surface area is 138 Å². The van der Waals surface area contributed by atoms with E-state index in [0.717, 1.165) is 39.1 Å². The van der Waals surface area contributed by atoms with E-state index in [1.807, 2.05) is 6.07 Å². The molecule has 0 radical (unpaired) electrons. The van der Waals surface area contributed by atoms with Crippen LogP contribution in [0.4, 0.5) is 0 Å². The zero-order valence-corrected chi connectivity index (χ0v) is 13.7. The molecule has 2 heterocycles. The second-order valence-corrected chi connectivity index (χ2v) is 6.52. The third-order valence-corrected chi connectivity index (χ3v) is 4.71. The van der Waals surface area contributed by atoms with Crippen LogP contribution in [-0.4, -0.2) is 56.2 Å². The summed E-state index contributed by atoms with van der Waals surface area (Å²) in [5.41, 5.74) is 1.28. The van der Waals surface area contributed by atoms with Gasteiger partial charge < -0.3 is 15.4 Å². The number of carbonyl (C=O) groups is 1. The second-order valence-electron chi connectivity index (χ2n) is 6.52. The van der Waals surface area contributed by atoms with Crippen LogP contribution >= 0.6 is 0 Å². The maximum Gasteiger partial charge on any atom is 0.250 e. The summed E-state index contributed by atoms with van der Waals surface area (Å²) in [4.78, 5) is 14.6. The first-order valence-electron chi connectivity index (χ1n) is 8.67. The Kier molecular flexibility index (Phi) is 6.02. The Morgan fingerprint density at radius 3 is 3.00 bits per heavy atom. The van der Waals surface area contributed by atoms with Gasteiger partial charge >= 0.3 is 0 Å². The summed E-state index contributed by atoms with van der Waals surface area (Å²) in [6, 6.07) is 10.4. The molecule has 1 amide bonds. The van der Waals surface area contributed by atoms with Crippen molar-refractivity contribution in [1.29, 1.82) is 0 Å². The SMILES string of the molecule is O=C(NCCC1CCNC1)C1CN(Cc2ccccc2)CCO1. The quantitative estimate of drug-likeness (QED) is 0.822. The van der Waals surface area contributed by atoms with E-state index >= 15 is 0 Å². The molecule has 0 saturated carbocycles. The number of carbonyl (C=O) groups excluding carboxylic acids is 1. The molecule has 2 fully saturated rings. The van der Waals surface area contributed by atoms with Crippen LogP contribution in [0.3, 0.4) is 0 Å². The van der Waals surface area contributed by atoms with Crippen molar-refractivity contribution < 1.29 is 9.53 Å². The lowest BCUT2D eigenvalue weighted by Gasteiger charge is -2.32. The van der Waals surface area contributed by atoms with Gasteiger partial charge in [0.15, 0.2) is 0 Å². The maximum atomic E-state index is 12.3. The first kappa shape index (κ1) is 16.4. The molecule has 2 N–H and O–H groups in total. The van der Waals surface area contributed by atoms with Crippen molar-refractivity contribution in [1.82, 2.24) is 15.5 Å². The Hall–Kier alpha value is -1.43. The summed E-state index contributed by atoms with van der Waals surface area (Å²) in [5, 5.41) is 6.40. The Bertz CT molecular complexity index is 488. The van der Waals surface area contributed by atoms with E-state index in [1.165, 1.54) is 12.0 Å². The first-order valence-corrected chi connectivity index (χ1v) is 8.67. The second kappa shape index (κ2) is 8.43. The van der Waals surface area contributed by atoms with Gasteiger partial charge in [0.2, 0.25) is 5.91 Å². The van der Waals surface area contributed by atoms with Gasteiger partial charge in [0.05, 0.1) is 6.61 Å². The molecule has 3 rings (SSSR count). The minimum Gasteiger partial charge on any atom is -0.366 e. The number of nitrogens with zero attached hydrogens (tertiary/aromatic N) is 1. The molecule has 0 spiro atoms. The average molecular weight is 317 g/mol. The van der Waals surface area contributed by atoms with Crippen molar-refractivity contribution in [3.8, 4) is 0 Å². The summed E-state index contributed by atoms with van der Waals surface area (Å²) < 4.78 is 5.66. The zero-order chi connectivity index (χ0) is 15.9. The van der Waals surface area contributed by atoms with Crippen molar-refractivity contribution in [2.24, 2.45) is 5.92 Å². The fourth-order valence-electron chi connectivity index (χ4n) is 3.32. The molecule has 2 atom stereocenters. The topological polar surface area (TPSA) is 53.6 Å². The molecule has 2 saturated heterocycles. The number of hydrogen-bond acceptors (Lipinski definition) is 4. The predicted octanol–water partition coefficient (Wildman–Crippen LogP) is 1.00. The molecule has 2 unspecified atom stereocenters. The molecule has 23 heavy (non-hydrogen) atoms. The highest BCUT2D eigenvalue weighted by molar-refractivity contribution is 5.81. The van der Waals surface area contributed by atoms with Crippen molar-refractivity contribution in [3.05, 3.63) is 35.9 Å². The molecule has 1 aromatic rings. The molecular weight excluding hydrogens is 290 g/mol. The van der Waals surface area contributed by atoms with Gasteiger partial charge in [-0.3, -0.25) is 9.69 Å². The van der Waals surface area contributed by atoms with E-state index in [1.54, 1.807) is 0 Å². The van der Waals surface area contributed by atoms with Crippen LogP contribution in [0.2, 0.25) is 0 Å². The van der Waals surface area contributed by atoms with Gasteiger partial charge in [-0.25, -0.2) is 0 Å². The van der Waals surface area contributed by atoms with Gasteiger partial charge in [0.1, 0.15) is 6.10 Å². The highest BCUT2D eigenvalue weighted by Gasteiger charge is 2.26. The van der Waals surface area contributed by atoms with Crippen LogP contribution in [0.25, 0.3) is 0 Å². The van der Waals surface area contributed by atoms with Gasteiger partial charge in [-0.05, 0) is 37.4 Å². The minimum absolute atomic E-state index is 0.0358. The Balaban J connectivity index is 1.41. The van der Waals surface area contributed by atoms with Gasteiger partial charge in [-0.1, -0.05) is 30.3 Å². The Morgan fingerprint density at radius 2 is 2.22 bits per heavy atom. The fourth-order valence-corrected chi connectivity index (χ4v) is 3.32. The molecule has 1 aromatic carbocycles. The van der Waals surface area contributed by atoms with Crippen molar-refractivity contribution in [2.45, 2.75) is 25.5 Å². The summed E-state index contributed by atoms with van der Waals surface area (Å²) in [7, 11) is 0. The Morgan fingerprint density at radius 1 is 1.35 bits per heavy atom. The van der Waals surface area contributed by atoms with Crippen LogP contribution < -0.4 is 10.6 Å². The van der Waals surface area contributed by atoms with Crippen molar-refractivity contribution >= 4 is 5.91 Å². The minimum atomic E-state index is -0.339. The number of morpholine rings is 1. The van der Waals surface area contributed by atoms with Crippen LogP contribution in [0.15, 0.2) is 30.3 Å². The summed E-state index contributed by atoms with van der Waals surface area (Å²) in [5.74, 6) is 0.742. The molecule has 0 aliphatic carbocycles. The van der Waals surface area contributed by atoms with E-state index in [-0.39, 0.29) is 12.0 Å². The van der Waals surface area contributed by atoms with Crippen molar-refractivity contribution in [3.63, 3.8) is 0 Å². The largest absolute Gasteiger partial charge is 0.366 e. The van der Waals surface area contributed by atoms with Crippen LogP contribution in [0.5, 0.6) is 0 Å². The van der Waals surface area contributed by atoms with E-state index in [4.69, 9.17) is 4.74 Å². The van der Waals surface area contributed by atoms with Crippen LogP contribution in [0, 0.1) is 5.92 Å². The molecule has 2 aliphatic rings. The molecule has 0 aromatic heterocycles. The van der Waals surface area contributed by atoms with Crippen LogP contribution in [0.1, 0.15) is 18.4 Å². The molecular formula is C18H27N3O2. The summed E-state index contributed by atoms with van der Waals surface area (Å²) >= 11 is 0. The lowest BCUT2D eigenvalue weighted by Crippen LogP contribution is -2.49. The zero-order valence-electron chi connectivity index (χ0n) is 13.7. The van der Waals surface area contributed by atoms with E-state index in [0.29, 0.717) is 19.1 Å². The monoisotopic (exact) mass is 317 g/mol. The van der Waals surface area contributed by atoms with Gasteiger partial charge in [0, 0.05) is 26.2 Å². The number of ether oxygens (including phenoxy) is 1. The van der Waals surface area contributed by atoms with Gasteiger partial charge in [-0.15, -0.1) is 0 Å². The normalized spacial score (nSPS) is 25.4. The van der Waals surface area contributed by atoms with E-state index in [2.05, 4.69) is 39.8 Å². The number of benzene rings is 1. The molecule has 126 valence electrons. The summed E-state index contributed by atoms with van der Waals surface area (Å²) in [6.07, 6.45) is 1.94. The number of rotatable bonds is 6. The molecule has 2 aliphatic heterocycles. The average Bonchev–Trinajstić information content (AvgIpc) is 3.09. The van der Waals surface area contributed by atoms with E-state index < -0.39 is 0 Å². The third kappa shape index (κ3) is 5.03. The summed E-state index contributed by atoms with van der Waals surface area (Å²) in [6.45, 7) is 6.00. The van der Waals surface area contributed by atoms with Gasteiger partial charge in [-0.2, -0.15) is 0 Å². The third-order valence-electron chi connectivity index (χ3n) is 4.71. The molecule has 5 nitrogen and oxygen atoms in total. The molecule has 5 heteroatoms. The van der Waals surface area contributed by atoms with Gasteiger partial charge in [0.25, 0.3) is 0 Å². The standard InChI is InChI=1S/C18H27N3O2/c22-18(20-9-7-15-6-8-19-12-15)17-14-21(10-11-23-17)13-16-4-2-1-3-5-16/h1-5,15,17,19H,6-14H2,(H,20,22). The smallest absolute Gasteiger partial charge is 0.250 e. The lowest BCUT2D eigenvalue weighted by molar-refractivity contribution is -0.138. The van der Waals surface area contributed by atoms with Crippen LogP contribution in [-0.2, 0) is 16.1 Å². The predicted molar refractivity (Wildman–Crippen MR) is 90.1 cm³/mol. The number of hydrogen-bond donors (Lipinski definition) is 2. The highest BCUT2D eigenvalue weighted by Crippen LogP contribution is 2.12. The van der Waals surface area contributed by atoms with E-state index in [9.17, 15) is 4.79 Å². The lowest BCUT2D eigenvalue weighted by atomic mass is 10.1.